The zero-order chi connectivity index (χ0) is 11.9. The second kappa shape index (κ2) is 5.85. The van der Waals surface area contributed by atoms with Gasteiger partial charge >= 0.3 is 0 Å². The smallest absolute Gasteiger partial charge is 0.228 e. The first-order valence-electron chi connectivity index (χ1n) is 5.58. The number of hydrogen-bond acceptors (Lipinski definition) is 1. The van der Waals surface area contributed by atoms with Gasteiger partial charge in [0.15, 0.2) is 0 Å². The van der Waals surface area contributed by atoms with Gasteiger partial charge < -0.3 is 5.32 Å². The topological polar surface area (TPSA) is 29.1 Å². The van der Waals surface area contributed by atoms with Crippen LogP contribution in [0.4, 0.5) is 5.69 Å². The van der Waals surface area contributed by atoms with E-state index in [4.69, 9.17) is 0 Å². The summed E-state index contributed by atoms with van der Waals surface area (Å²) in [4.78, 5) is 11.6. The maximum Gasteiger partial charge on any atom is 0.228 e. The van der Waals surface area contributed by atoms with Gasteiger partial charge in [0.05, 0.1) is 6.42 Å². The van der Waals surface area contributed by atoms with Gasteiger partial charge in [0.1, 0.15) is 0 Å². The minimum atomic E-state index is -0.0694. The first-order chi connectivity index (χ1) is 8.34. The fraction of sp³-hybridized carbons (Fsp3) is 0.0667. The Labute approximate surface area is 101 Å². The molecule has 1 amide bonds. The SMILES string of the molecule is O=C([CH]Cc1ccccc1)Nc1ccccc1. The molecule has 2 nitrogen and oxygen atoms in total. The monoisotopic (exact) mass is 224 g/mol. The molecule has 2 heteroatoms. The Kier molecular flexibility index (Phi) is 3.92. The third kappa shape index (κ3) is 3.76. The van der Waals surface area contributed by atoms with Crippen molar-refractivity contribution in [2.45, 2.75) is 6.42 Å². The standard InChI is InChI=1S/C15H14NO/c17-15(16-14-9-5-2-6-10-14)12-11-13-7-3-1-4-8-13/h1-10,12H,11H2,(H,16,17). The molecule has 2 aromatic carbocycles. The van der Waals surface area contributed by atoms with E-state index >= 15 is 0 Å². The van der Waals surface area contributed by atoms with E-state index in [1.54, 1.807) is 6.42 Å². The molecule has 2 aromatic rings. The molecule has 0 aliphatic rings. The highest BCUT2D eigenvalue weighted by molar-refractivity contribution is 5.97. The van der Waals surface area contributed by atoms with Crippen molar-refractivity contribution < 1.29 is 4.79 Å². The zero-order valence-corrected chi connectivity index (χ0v) is 9.47. The van der Waals surface area contributed by atoms with Crippen LogP contribution in [0.5, 0.6) is 0 Å². The molecule has 0 saturated carbocycles. The number of benzene rings is 2. The summed E-state index contributed by atoms with van der Waals surface area (Å²) < 4.78 is 0. The molecule has 85 valence electrons. The van der Waals surface area contributed by atoms with Crippen molar-refractivity contribution in [3.63, 3.8) is 0 Å². The Morgan fingerprint density at radius 1 is 0.941 bits per heavy atom. The zero-order valence-electron chi connectivity index (χ0n) is 9.47. The van der Waals surface area contributed by atoms with Crippen LogP contribution in [0.1, 0.15) is 5.56 Å². The van der Waals surface area contributed by atoms with Crippen molar-refractivity contribution in [1.82, 2.24) is 0 Å². The molecule has 0 heterocycles. The van der Waals surface area contributed by atoms with Crippen LogP contribution in [0.3, 0.4) is 0 Å². The fourth-order valence-electron chi connectivity index (χ4n) is 1.54. The van der Waals surface area contributed by atoms with E-state index in [-0.39, 0.29) is 5.91 Å². The number of amides is 1. The third-order valence-corrected chi connectivity index (χ3v) is 2.41. The van der Waals surface area contributed by atoms with Gasteiger partial charge in [-0.15, -0.1) is 0 Å². The minimum Gasteiger partial charge on any atom is -0.326 e. The van der Waals surface area contributed by atoms with Gasteiger partial charge in [0.2, 0.25) is 5.91 Å². The second-order valence-corrected chi connectivity index (χ2v) is 3.75. The van der Waals surface area contributed by atoms with Crippen LogP contribution in [0.2, 0.25) is 0 Å². The van der Waals surface area contributed by atoms with Crippen molar-refractivity contribution in [3.05, 3.63) is 72.6 Å². The summed E-state index contributed by atoms with van der Waals surface area (Å²) in [7, 11) is 0. The molecule has 0 atom stereocenters. The lowest BCUT2D eigenvalue weighted by molar-refractivity contribution is -0.113. The lowest BCUT2D eigenvalue weighted by Crippen LogP contribution is -2.12. The van der Waals surface area contributed by atoms with Gasteiger partial charge in [-0.25, -0.2) is 0 Å². The number of carbonyl (C=O) groups is 1. The number of carbonyl (C=O) groups excluding carboxylic acids is 1. The minimum absolute atomic E-state index is 0.0694. The van der Waals surface area contributed by atoms with Gasteiger partial charge in [0.25, 0.3) is 0 Å². The Balaban J connectivity index is 1.83. The van der Waals surface area contributed by atoms with Crippen molar-refractivity contribution in [2.24, 2.45) is 0 Å². The first-order valence-corrected chi connectivity index (χ1v) is 5.58. The normalized spacial score (nSPS) is 9.88. The number of anilines is 1. The molecule has 0 aliphatic carbocycles. The van der Waals surface area contributed by atoms with Gasteiger partial charge in [0, 0.05) is 5.69 Å². The molecule has 0 unspecified atom stereocenters. The largest absolute Gasteiger partial charge is 0.326 e. The predicted molar refractivity (Wildman–Crippen MR) is 69.5 cm³/mol. The van der Waals surface area contributed by atoms with Crippen LogP contribution in [-0.4, -0.2) is 5.91 Å². The molecule has 0 fully saturated rings. The molecule has 0 aliphatic heterocycles. The molecule has 17 heavy (non-hydrogen) atoms. The van der Waals surface area contributed by atoms with Gasteiger partial charge in [-0.2, -0.15) is 0 Å². The third-order valence-electron chi connectivity index (χ3n) is 2.41. The number of hydrogen-bond donors (Lipinski definition) is 1. The summed E-state index contributed by atoms with van der Waals surface area (Å²) in [6.45, 7) is 0. The van der Waals surface area contributed by atoms with Crippen molar-refractivity contribution in [1.29, 1.82) is 0 Å². The summed E-state index contributed by atoms with van der Waals surface area (Å²) in [5.74, 6) is -0.0694. The van der Waals surface area contributed by atoms with E-state index in [2.05, 4.69) is 5.32 Å². The van der Waals surface area contributed by atoms with E-state index in [1.807, 2.05) is 60.7 Å². The molecule has 1 N–H and O–H groups in total. The van der Waals surface area contributed by atoms with Crippen LogP contribution in [0, 0.1) is 6.42 Å². The van der Waals surface area contributed by atoms with E-state index < -0.39 is 0 Å². The van der Waals surface area contributed by atoms with Crippen LogP contribution in [0.15, 0.2) is 60.7 Å². The average Bonchev–Trinajstić information content (AvgIpc) is 2.39. The van der Waals surface area contributed by atoms with E-state index in [9.17, 15) is 4.79 Å². The Morgan fingerprint density at radius 2 is 1.53 bits per heavy atom. The first kappa shape index (κ1) is 11.4. The molecular weight excluding hydrogens is 210 g/mol. The lowest BCUT2D eigenvalue weighted by atomic mass is 10.1. The highest BCUT2D eigenvalue weighted by Gasteiger charge is 2.02. The second-order valence-electron chi connectivity index (χ2n) is 3.75. The summed E-state index contributed by atoms with van der Waals surface area (Å²) in [5.41, 5.74) is 1.96. The molecule has 2 rings (SSSR count). The fourth-order valence-corrected chi connectivity index (χ4v) is 1.54. The lowest BCUT2D eigenvalue weighted by Gasteiger charge is -2.04. The molecular formula is C15H14NO. The van der Waals surface area contributed by atoms with Gasteiger partial charge in [-0.3, -0.25) is 4.79 Å². The quantitative estimate of drug-likeness (QED) is 0.849. The van der Waals surface area contributed by atoms with Crippen LogP contribution in [0.25, 0.3) is 0 Å². The Hall–Kier alpha value is -2.09. The number of nitrogens with one attached hydrogen (secondary N) is 1. The Bertz CT molecular complexity index is 465. The molecule has 1 radical (unpaired) electrons. The maximum atomic E-state index is 11.6. The van der Waals surface area contributed by atoms with E-state index in [0.29, 0.717) is 6.42 Å². The highest BCUT2D eigenvalue weighted by Crippen LogP contribution is 2.07. The molecule has 0 spiro atoms. The van der Waals surface area contributed by atoms with Crippen molar-refractivity contribution in [3.8, 4) is 0 Å². The maximum absolute atomic E-state index is 11.6. The number of rotatable bonds is 4. The summed E-state index contributed by atoms with van der Waals surface area (Å²) in [6.07, 6.45) is 2.31. The molecule has 0 aromatic heterocycles. The molecule has 0 saturated heterocycles. The van der Waals surface area contributed by atoms with Crippen molar-refractivity contribution in [2.75, 3.05) is 5.32 Å². The predicted octanol–water partition coefficient (Wildman–Crippen LogP) is 3.07. The van der Waals surface area contributed by atoms with Gasteiger partial charge in [-0.05, 0) is 24.1 Å². The van der Waals surface area contributed by atoms with Crippen LogP contribution in [-0.2, 0) is 11.2 Å². The summed E-state index contributed by atoms with van der Waals surface area (Å²) in [5, 5.41) is 2.82. The van der Waals surface area contributed by atoms with E-state index in [1.165, 1.54) is 0 Å². The van der Waals surface area contributed by atoms with Gasteiger partial charge in [-0.1, -0.05) is 48.5 Å². The summed E-state index contributed by atoms with van der Waals surface area (Å²) >= 11 is 0. The van der Waals surface area contributed by atoms with Crippen LogP contribution >= 0.6 is 0 Å². The summed E-state index contributed by atoms with van der Waals surface area (Å²) in [6, 6.07) is 19.4. The van der Waals surface area contributed by atoms with Crippen LogP contribution < -0.4 is 5.32 Å². The molecule has 0 bridgehead atoms. The van der Waals surface area contributed by atoms with Crippen molar-refractivity contribution >= 4 is 11.6 Å². The van der Waals surface area contributed by atoms with E-state index in [0.717, 1.165) is 11.3 Å². The average molecular weight is 224 g/mol. The highest BCUT2D eigenvalue weighted by atomic mass is 16.1. The number of para-hydroxylation sites is 1. The Morgan fingerprint density at radius 3 is 2.18 bits per heavy atom.